The molecule has 8 rings (SSSR count). The Bertz CT molecular complexity index is 1880. The van der Waals surface area contributed by atoms with Gasteiger partial charge in [0.05, 0.1) is 30.3 Å². The Morgan fingerprint density at radius 1 is 0.758 bits per heavy atom. The minimum absolute atomic E-state index is 0.0363. The highest BCUT2D eigenvalue weighted by Crippen LogP contribution is 2.74. The molecule has 3 heterocycles. The van der Waals surface area contributed by atoms with Crippen LogP contribution in [0, 0.1) is 50.7 Å². The second-order valence-electron chi connectivity index (χ2n) is 22.6. The highest BCUT2D eigenvalue weighted by molar-refractivity contribution is 5.85. The standard InChI is InChI=1S/C47H72O19/c1-19-29(52)31(54)33(56)40(61-19)64-36-35(58)37(65-41-34(57)32(55)30(53)24(17-48)62-41)42(66-38(36)39(59)60)63-28-11-12-44(4)25(45(28,5)18-49)10-13-46(6)26(44)9-8-22-21-15-43(2,3)27(51)14-20(21)23(50)16-47(22,46)7/h8,18-21,24-38,40-42,48,51-58H,9-17H2,1-7H3,(H,59,60)/t19-,20+,21+,24+,25+,26+,27-,28-,29-,30-,31+,32-,33+,34+,35-,36-,37+,38-,40-,41-,42+,44-,45-,46+,47+/m0/s1. The average molecular weight is 941 g/mol. The van der Waals surface area contributed by atoms with E-state index < -0.39 is 133 Å². The second kappa shape index (κ2) is 17.7. The largest absolute Gasteiger partial charge is 0.479 e. The van der Waals surface area contributed by atoms with Crippen molar-refractivity contribution in [2.45, 2.75) is 204 Å². The Labute approximate surface area is 384 Å². The molecule has 0 spiro atoms. The molecule has 10 N–H and O–H groups in total. The van der Waals surface area contributed by atoms with Gasteiger partial charge in [0, 0.05) is 17.8 Å². The van der Waals surface area contributed by atoms with Gasteiger partial charge in [-0.15, -0.1) is 0 Å². The summed E-state index contributed by atoms with van der Waals surface area (Å²) in [5, 5.41) is 107. The summed E-state index contributed by atoms with van der Waals surface area (Å²) in [7, 11) is 0. The van der Waals surface area contributed by atoms with Crippen molar-refractivity contribution in [1.29, 1.82) is 0 Å². The van der Waals surface area contributed by atoms with E-state index in [0.29, 0.717) is 38.5 Å². The van der Waals surface area contributed by atoms with Gasteiger partial charge in [0.25, 0.3) is 0 Å². The Balaban J connectivity index is 1.10. The van der Waals surface area contributed by atoms with Crippen LogP contribution >= 0.6 is 0 Å². The van der Waals surface area contributed by atoms with Crippen molar-refractivity contribution < 1.29 is 93.9 Å². The Hall–Kier alpha value is -2.05. The van der Waals surface area contributed by atoms with Gasteiger partial charge < -0.3 is 84.3 Å². The van der Waals surface area contributed by atoms with Gasteiger partial charge in [0.2, 0.25) is 0 Å². The lowest BCUT2D eigenvalue weighted by atomic mass is 9.34. The van der Waals surface area contributed by atoms with Crippen LogP contribution in [0.4, 0.5) is 0 Å². The minimum Gasteiger partial charge on any atom is -0.479 e. The van der Waals surface area contributed by atoms with Gasteiger partial charge in [-0.2, -0.15) is 0 Å². The number of hydrogen-bond acceptors (Lipinski definition) is 18. The number of aliphatic carboxylic acids is 1. The van der Waals surface area contributed by atoms with Crippen LogP contribution in [0.15, 0.2) is 11.6 Å². The number of rotatable bonds is 9. The molecule has 7 fully saturated rings. The van der Waals surface area contributed by atoms with E-state index in [2.05, 4.69) is 40.7 Å². The number of carboxylic acids is 1. The third-order valence-corrected chi connectivity index (χ3v) is 18.7. The van der Waals surface area contributed by atoms with Crippen LogP contribution in [0.25, 0.3) is 0 Å². The van der Waals surface area contributed by atoms with Crippen LogP contribution in [-0.2, 0) is 42.8 Å². The molecular weight excluding hydrogens is 868 g/mol. The molecule has 4 saturated carbocycles. The molecule has 66 heavy (non-hydrogen) atoms. The zero-order chi connectivity index (χ0) is 48.4. The van der Waals surface area contributed by atoms with E-state index in [1.54, 1.807) is 6.92 Å². The van der Waals surface area contributed by atoms with E-state index in [4.69, 9.17) is 28.4 Å². The van der Waals surface area contributed by atoms with Gasteiger partial charge >= 0.3 is 5.97 Å². The molecule has 0 bridgehead atoms. The van der Waals surface area contributed by atoms with Crippen molar-refractivity contribution in [3.8, 4) is 0 Å². The lowest BCUT2D eigenvalue weighted by Gasteiger charge is -2.70. The fourth-order valence-corrected chi connectivity index (χ4v) is 14.4. The normalized spacial score (nSPS) is 54.8. The van der Waals surface area contributed by atoms with Gasteiger partial charge in [0.1, 0.15) is 73.1 Å². The summed E-state index contributed by atoms with van der Waals surface area (Å²) in [6.45, 7) is 13.2. The maximum atomic E-state index is 14.1. The van der Waals surface area contributed by atoms with Gasteiger partial charge in [-0.3, -0.25) is 4.79 Å². The van der Waals surface area contributed by atoms with E-state index >= 15 is 0 Å². The number of ether oxygens (including phenoxy) is 6. The highest BCUT2D eigenvalue weighted by atomic mass is 16.8. The van der Waals surface area contributed by atoms with Crippen LogP contribution in [0.5, 0.6) is 0 Å². The number of aliphatic hydroxyl groups excluding tert-OH is 9. The van der Waals surface area contributed by atoms with Crippen LogP contribution in [0.3, 0.4) is 0 Å². The molecule has 3 saturated heterocycles. The zero-order valence-corrected chi connectivity index (χ0v) is 38.8. The molecule has 19 heteroatoms. The van der Waals surface area contributed by atoms with Crippen molar-refractivity contribution in [3.05, 3.63) is 11.6 Å². The number of allylic oxidation sites excluding steroid dienone is 2. The van der Waals surface area contributed by atoms with Crippen LogP contribution < -0.4 is 0 Å². The monoisotopic (exact) mass is 940 g/mol. The number of carbonyl (C=O) groups excluding carboxylic acids is 2. The first-order valence-corrected chi connectivity index (χ1v) is 23.7. The second-order valence-corrected chi connectivity index (χ2v) is 22.6. The smallest absolute Gasteiger partial charge is 0.335 e. The quantitative estimate of drug-likeness (QED) is 0.0806. The lowest BCUT2D eigenvalue weighted by Crippen LogP contribution is -2.68. The summed E-state index contributed by atoms with van der Waals surface area (Å²) >= 11 is 0. The number of hydrogen-bond donors (Lipinski definition) is 10. The summed E-state index contributed by atoms with van der Waals surface area (Å²) in [5.74, 6) is -1.89. The molecule has 19 nitrogen and oxygen atoms in total. The third kappa shape index (κ3) is 7.69. The van der Waals surface area contributed by atoms with E-state index in [-0.39, 0.29) is 46.7 Å². The number of aliphatic hydroxyl groups is 9. The van der Waals surface area contributed by atoms with Crippen LogP contribution in [-0.4, -0.2) is 180 Å². The predicted octanol–water partition coefficient (Wildman–Crippen LogP) is -0.300. The molecule has 0 amide bonds. The zero-order valence-electron chi connectivity index (χ0n) is 38.8. The molecule has 374 valence electrons. The highest BCUT2D eigenvalue weighted by Gasteiger charge is 2.70. The van der Waals surface area contributed by atoms with E-state index in [1.807, 2.05) is 0 Å². The van der Waals surface area contributed by atoms with Crippen molar-refractivity contribution in [2.75, 3.05) is 6.61 Å². The number of ketones is 1. The van der Waals surface area contributed by atoms with Gasteiger partial charge in [-0.25, -0.2) is 4.79 Å². The van der Waals surface area contributed by atoms with E-state index in [9.17, 15) is 65.4 Å². The molecule has 25 atom stereocenters. The van der Waals surface area contributed by atoms with Crippen molar-refractivity contribution in [1.82, 2.24) is 0 Å². The van der Waals surface area contributed by atoms with Crippen LogP contribution in [0.1, 0.15) is 99.8 Å². The molecule has 0 radical (unpaired) electrons. The number of carboxylic acid groups (broad SMARTS) is 1. The van der Waals surface area contributed by atoms with Crippen molar-refractivity contribution in [2.24, 2.45) is 50.7 Å². The minimum atomic E-state index is -2.08. The molecule has 0 aromatic carbocycles. The molecule has 0 unspecified atom stereocenters. The van der Waals surface area contributed by atoms with Crippen molar-refractivity contribution in [3.63, 3.8) is 0 Å². The summed E-state index contributed by atoms with van der Waals surface area (Å²) in [6.07, 6.45) is -20.9. The van der Waals surface area contributed by atoms with Gasteiger partial charge in [0.15, 0.2) is 25.0 Å². The number of Topliss-reactive ketones (excluding diaryl/α,β-unsaturated/α-hetero) is 1. The first-order chi connectivity index (χ1) is 30.8. The lowest BCUT2D eigenvalue weighted by molar-refractivity contribution is -0.389. The molecule has 5 aliphatic carbocycles. The average Bonchev–Trinajstić information content (AvgIpc) is 3.25. The molecule has 8 aliphatic rings. The first kappa shape index (κ1) is 50.3. The Morgan fingerprint density at radius 2 is 1.39 bits per heavy atom. The molecule has 0 aromatic heterocycles. The summed E-state index contributed by atoms with van der Waals surface area (Å²) in [6, 6.07) is 0. The van der Waals surface area contributed by atoms with E-state index in [0.717, 1.165) is 12.7 Å². The summed E-state index contributed by atoms with van der Waals surface area (Å²) in [4.78, 5) is 40.8. The SMILES string of the molecule is C[C@@H]1O[C@@H](O[C@H]2[C@H](O)[C@@H](O[C@@H]3O[C@H](CO)[C@H](O)[C@H](O)[C@H]3O)[C@H](O[C@H]3CC[C@]4(C)[C@H]5CC=C6[C@@H]7CC(C)(C)[C@@H](O)C[C@H]7C(=O)C[C@@]6(C)[C@]5(C)CC[C@H]4[C@]3(C)C=O)O[C@@H]2C(=O)O)[C@H](O)[C@H](O)[C@H]1O. The number of aldehydes is 1. The molecule has 3 aliphatic heterocycles. The first-order valence-electron chi connectivity index (χ1n) is 23.7. The Morgan fingerprint density at radius 3 is 2.03 bits per heavy atom. The Kier molecular flexibility index (Phi) is 13.5. The maximum absolute atomic E-state index is 14.1. The number of carbonyl (C=O) groups is 3. The molecular formula is C47H72O19. The van der Waals surface area contributed by atoms with Gasteiger partial charge in [-0.1, -0.05) is 53.2 Å². The van der Waals surface area contributed by atoms with Crippen LogP contribution in [0.2, 0.25) is 0 Å². The maximum Gasteiger partial charge on any atom is 0.335 e. The fraction of sp³-hybridized carbons (Fsp3) is 0.894. The third-order valence-electron chi connectivity index (χ3n) is 18.7. The number of fused-ring (bicyclic) bond motifs is 7. The molecule has 0 aromatic rings. The fourth-order valence-electron chi connectivity index (χ4n) is 14.4. The summed E-state index contributed by atoms with van der Waals surface area (Å²) < 4.78 is 35.8. The van der Waals surface area contributed by atoms with E-state index in [1.165, 1.54) is 12.5 Å². The summed E-state index contributed by atoms with van der Waals surface area (Å²) in [5.41, 5.74) is -1.51. The predicted molar refractivity (Wildman–Crippen MR) is 225 cm³/mol. The topological polar surface area (TPSA) is 309 Å². The van der Waals surface area contributed by atoms with Crippen molar-refractivity contribution >= 4 is 18.0 Å². The van der Waals surface area contributed by atoms with Gasteiger partial charge in [-0.05, 0) is 85.9 Å².